The van der Waals surface area contributed by atoms with Crippen molar-refractivity contribution in [3.63, 3.8) is 0 Å². The van der Waals surface area contributed by atoms with Crippen LogP contribution < -0.4 is 10.2 Å². The van der Waals surface area contributed by atoms with Gasteiger partial charge >= 0.3 is 0 Å². The summed E-state index contributed by atoms with van der Waals surface area (Å²) in [4.78, 5) is 12.3. The molecule has 3 heterocycles. The van der Waals surface area contributed by atoms with Gasteiger partial charge in [-0.2, -0.15) is 4.98 Å². The van der Waals surface area contributed by atoms with E-state index in [0.717, 1.165) is 41.4 Å². The lowest BCUT2D eigenvalue weighted by molar-refractivity contribution is 0.143. The molecule has 2 aliphatic heterocycles. The Morgan fingerprint density at radius 1 is 1.26 bits per heavy atom. The molecule has 3 aliphatic rings. The zero-order valence-corrected chi connectivity index (χ0v) is 16.4. The number of hydrogen-bond acceptors (Lipinski definition) is 6. The minimum absolute atomic E-state index is 0.0569. The third-order valence-electron chi connectivity index (χ3n) is 5.85. The van der Waals surface area contributed by atoms with Gasteiger partial charge in [-0.3, -0.25) is 0 Å². The molecule has 2 aromatic rings. The molecular formula is C19H21ClN4O2S. The molecule has 1 atom stereocenters. The molecule has 6 nitrogen and oxygen atoms in total. The number of benzene rings is 1. The molecule has 0 radical (unpaired) electrons. The van der Waals surface area contributed by atoms with Gasteiger partial charge < -0.3 is 19.9 Å². The van der Waals surface area contributed by atoms with Gasteiger partial charge in [-0.25, -0.2) is 4.98 Å². The summed E-state index contributed by atoms with van der Waals surface area (Å²) in [6, 6.07) is 5.95. The van der Waals surface area contributed by atoms with E-state index in [0.29, 0.717) is 30.5 Å². The summed E-state index contributed by atoms with van der Waals surface area (Å²) in [7, 11) is 0. The number of fused-ring (bicyclic) bond motifs is 2. The van der Waals surface area contributed by atoms with Crippen molar-refractivity contribution in [2.75, 3.05) is 22.6 Å². The Labute approximate surface area is 166 Å². The standard InChI is InChI=1S/C19H21ClN4O2S/c20-14-3-2-12-9-24(10-13(12)8-14)18-21-15-4-7-27(26)16(15)17(22-18)23-19(11-25)5-1-6-19/h2-3,8,25H,1,4-7,9-11H2,(H,21,22,23)/t27-/m1/s1. The molecule has 0 bridgehead atoms. The van der Waals surface area contributed by atoms with E-state index in [1.54, 1.807) is 0 Å². The molecule has 0 amide bonds. The van der Waals surface area contributed by atoms with Gasteiger partial charge in [0.1, 0.15) is 11.4 Å². The number of halogens is 1. The van der Waals surface area contributed by atoms with Crippen molar-refractivity contribution in [1.82, 2.24) is 9.97 Å². The molecule has 27 heavy (non-hydrogen) atoms. The van der Waals surface area contributed by atoms with Crippen LogP contribution in [0.4, 0.5) is 11.8 Å². The number of nitrogens with zero attached hydrogens (tertiary/aromatic N) is 3. The van der Waals surface area contributed by atoms with E-state index < -0.39 is 11.2 Å². The molecule has 0 saturated heterocycles. The number of aromatic nitrogens is 2. The molecule has 2 N–H and O–H groups in total. The maximum Gasteiger partial charge on any atom is 0.228 e. The number of rotatable bonds is 4. The Hall–Kier alpha value is -1.54. The largest absolute Gasteiger partial charge is 0.611 e. The van der Waals surface area contributed by atoms with Crippen LogP contribution in [0, 0.1) is 0 Å². The fourth-order valence-corrected chi connectivity index (χ4v) is 5.59. The number of aryl methyl sites for hydroxylation is 1. The summed E-state index contributed by atoms with van der Waals surface area (Å²) in [6.07, 6.45) is 3.58. The van der Waals surface area contributed by atoms with E-state index >= 15 is 0 Å². The van der Waals surface area contributed by atoms with Crippen molar-refractivity contribution in [3.8, 4) is 0 Å². The van der Waals surface area contributed by atoms with E-state index in [4.69, 9.17) is 21.6 Å². The van der Waals surface area contributed by atoms with Crippen molar-refractivity contribution >= 4 is 34.5 Å². The molecule has 1 fully saturated rings. The van der Waals surface area contributed by atoms with Gasteiger partial charge in [0.25, 0.3) is 0 Å². The first-order valence-electron chi connectivity index (χ1n) is 9.27. The first-order valence-corrected chi connectivity index (χ1v) is 11.0. The van der Waals surface area contributed by atoms with E-state index in [2.05, 4.69) is 10.2 Å². The summed E-state index contributed by atoms with van der Waals surface area (Å²) in [5.41, 5.74) is 2.94. The van der Waals surface area contributed by atoms with E-state index in [9.17, 15) is 9.66 Å². The van der Waals surface area contributed by atoms with Crippen LogP contribution in [-0.4, -0.2) is 37.5 Å². The van der Waals surface area contributed by atoms with Gasteiger partial charge in [-0.15, -0.1) is 0 Å². The molecule has 5 rings (SSSR count). The summed E-state index contributed by atoms with van der Waals surface area (Å²) in [6.45, 7) is 1.50. The third-order valence-corrected chi connectivity index (χ3v) is 7.54. The lowest BCUT2D eigenvalue weighted by Crippen LogP contribution is -2.48. The average Bonchev–Trinajstić information content (AvgIpc) is 3.21. The van der Waals surface area contributed by atoms with Crippen LogP contribution >= 0.6 is 11.6 Å². The predicted molar refractivity (Wildman–Crippen MR) is 106 cm³/mol. The zero-order valence-electron chi connectivity index (χ0n) is 14.9. The molecule has 1 aromatic carbocycles. The second-order valence-electron chi connectivity index (χ2n) is 7.63. The lowest BCUT2D eigenvalue weighted by atomic mass is 9.77. The minimum Gasteiger partial charge on any atom is -0.611 e. The fraction of sp³-hybridized carbons (Fsp3) is 0.474. The average molecular weight is 405 g/mol. The number of aliphatic hydroxyl groups excluding tert-OH is 1. The quantitative estimate of drug-likeness (QED) is 0.762. The fourth-order valence-electron chi connectivity index (χ4n) is 4.09. The molecule has 0 unspecified atom stereocenters. The van der Waals surface area contributed by atoms with E-state index in [-0.39, 0.29) is 12.1 Å². The van der Waals surface area contributed by atoms with Crippen molar-refractivity contribution in [2.24, 2.45) is 0 Å². The van der Waals surface area contributed by atoms with E-state index in [1.807, 2.05) is 18.2 Å². The maximum atomic E-state index is 12.5. The van der Waals surface area contributed by atoms with Gasteiger partial charge in [0.2, 0.25) is 10.8 Å². The minimum atomic E-state index is -1.08. The second-order valence-corrected chi connectivity index (χ2v) is 9.58. The van der Waals surface area contributed by atoms with Gasteiger partial charge in [0, 0.05) is 24.5 Å². The molecular weight excluding hydrogens is 384 g/mol. The van der Waals surface area contributed by atoms with Crippen molar-refractivity contribution in [2.45, 2.75) is 49.2 Å². The summed E-state index contributed by atoms with van der Waals surface area (Å²) < 4.78 is 12.5. The number of aliphatic hydroxyl groups is 1. The normalized spacial score (nSPS) is 22.3. The third kappa shape index (κ3) is 2.97. The molecule has 1 aliphatic carbocycles. The molecule has 8 heteroatoms. The first-order chi connectivity index (χ1) is 13.1. The Bertz CT molecular complexity index is 900. The number of anilines is 2. The van der Waals surface area contributed by atoms with Crippen LogP contribution in [0.15, 0.2) is 23.1 Å². The number of hydrogen-bond donors (Lipinski definition) is 2. The molecule has 142 valence electrons. The van der Waals surface area contributed by atoms with Crippen molar-refractivity contribution in [3.05, 3.63) is 40.0 Å². The van der Waals surface area contributed by atoms with Gasteiger partial charge in [-0.05, 0) is 53.7 Å². The molecule has 1 aromatic heterocycles. The molecule has 1 saturated carbocycles. The van der Waals surface area contributed by atoms with Crippen LogP contribution in [0.25, 0.3) is 0 Å². The predicted octanol–water partition coefficient (Wildman–Crippen LogP) is 2.64. The van der Waals surface area contributed by atoms with Crippen LogP contribution in [-0.2, 0) is 30.7 Å². The Morgan fingerprint density at radius 3 is 2.81 bits per heavy atom. The monoisotopic (exact) mass is 404 g/mol. The highest BCUT2D eigenvalue weighted by Gasteiger charge is 2.41. The van der Waals surface area contributed by atoms with Crippen molar-refractivity contribution < 1.29 is 9.66 Å². The Morgan fingerprint density at radius 2 is 2.07 bits per heavy atom. The highest BCUT2D eigenvalue weighted by Crippen LogP contribution is 2.40. The zero-order chi connectivity index (χ0) is 18.6. The van der Waals surface area contributed by atoms with Gasteiger partial charge in [0.15, 0.2) is 5.82 Å². The summed E-state index contributed by atoms with van der Waals surface area (Å²) in [5.74, 6) is 1.87. The van der Waals surface area contributed by atoms with Crippen LogP contribution in [0.1, 0.15) is 36.1 Å². The van der Waals surface area contributed by atoms with Crippen LogP contribution in [0.2, 0.25) is 5.02 Å². The second kappa shape index (κ2) is 6.51. The molecule has 0 spiro atoms. The topological polar surface area (TPSA) is 84.3 Å². The Kier molecular flexibility index (Phi) is 4.23. The lowest BCUT2D eigenvalue weighted by Gasteiger charge is -2.41. The summed E-state index contributed by atoms with van der Waals surface area (Å²) >= 11 is 5.05. The SMILES string of the molecule is [O-][S@+]1CCc2nc(N3Cc4ccc(Cl)cc4C3)nc(NC3(CO)CCC3)c21. The van der Waals surface area contributed by atoms with Gasteiger partial charge in [-0.1, -0.05) is 17.7 Å². The highest BCUT2D eigenvalue weighted by atomic mass is 35.5. The van der Waals surface area contributed by atoms with Crippen molar-refractivity contribution in [1.29, 1.82) is 0 Å². The number of nitrogens with one attached hydrogen (secondary N) is 1. The van der Waals surface area contributed by atoms with Crippen LogP contribution in [0.3, 0.4) is 0 Å². The van der Waals surface area contributed by atoms with Crippen LogP contribution in [0.5, 0.6) is 0 Å². The smallest absolute Gasteiger partial charge is 0.228 e. The van der Waals surface area contributed by atoms with Gasteiger partial charge in [0.05, 0.1) is 12.1 Å². The van der Waals surface area contributed by atoms with E-state index in [1.165, 1.54) is 11.1 Å². The Balaban J connectivity index is 1.50. The first kappa shape index (κ1) is 17.6. The highest BCUT2D eigenvalue weighted by molar-refractivity contribution is 7.91. The summed E-state index contributed by atoms with van der Waals surface area (Å²) in [5, 5.41) is 14.0. The maximum absolute atomic E-state index is 12.5.